The van der Waals surface area contributed by atoms with Gasteiger partial charge in [-0.15, -0.1) is 0 Å². The minimum atomic E-state index is -1.04. The Morgan fingerprint density at radius 1 is 1.00 bits per heavy atom. The van der Waals surface area contributed by atoms with E-state index in [1.54, 1.807) is 48.5 Å². The van der Waals surface area contributed by atoms with Crippen LogP contribution in [0.1, 0.15) is 22.3 Å². The Bertz CT molecular complexity index is 1290. The fourth-order valence-corrected chi connectivity index (χ4v) is 4.22. The third kappa shape index (κ3) is 5.64. The Kier molecular flexibility index (Phi) is 7.82. The number of halogens is 1. The number of carbonyl (C=O) groups is 3. The minimum absolute atomic E-state index is 0.0984. The molecule has 1 fully saturated rings. The number of benzene rings is 3. The molecule has 0 bridgehead atoms. The standard InChI is InChI=1S/C26H23ClN4O4S/c1-35-22-10-6-5-9-20(22)28-23(32)15-21-25(34)30(16-17-7-3-2-4-8-17)26(36)31(21)29-24(33)18-11-13-19(27)14-12-18/h2-14,21H,15-16H2,1H3,(H,28,32)(H,29,33). The number of rotatable bonds is 8. The van der Waals surface area contributed by atoms with Crippen LogP contribution in [-0.2, 0) is 16.1 Å². The van der Waals surface area contributed by atoms with E-state index in [4.69, 9.17) is 28.6 Å². The Morgan fingerprint density at radius 2 is 1.67 bits per heavy atom. The van der Waals surface area contributed by atoms with Gasteiger partial charge in [-0.1, -0.05) is 54.1 Å². The second-order valence-electron chi connectivity index (χ2n) is 7.98. The van der Waals surface area contributed by atoms with Crippen LogP contribution in [0.25, 0.3) is 0 Å². The van der Waals surface area contributed by atoms with E-state index in [0.29, 0.717) is 22.0 Å². The number of hydrazine groups is 1. The van der Waals surface area contributed by atoms with Gasteiger partial charge in [-0.2, -0.15) is 0 Å². The molecule has 1 unspecified atom stereocenters. The maximum Gasteiger partial charge on any atom is 0.269 e. The van der Waals surface area contributed by atoms with E-state index in [9.17, 15) is 14.4 Å². The molecule has 0 aliphatic carbocycles. The summed E-state index contributed by atoms with van der Waals surface area (Å²) in [7, 11) is 1.50. The van der Waals surface area contributed by atoms with Gasteiger partial charge >= 0.3 is 0 Å². The summed E-state index contributed by atoms with van der Waals surface area (Å²) in [6, 6.07) is 21.5. The zero-order chi connectivity index (χ0) is 25.7. The number of methoxy groups -OCH3 is 1. The highest BCUT2D eigenvalue weighted by Crippen LogP contribution is 2.26. The van der Waals surface area contributed by atoms with Crippen LogP contribution < -0.4 is 15.5 Å². The highest BCUT2D eigenvalue weighted by Gasteiger charge is 2.44. The third-order valence-corrected chi connectivity index (χ3v) is 6.24. The number of hydrogen-bond donors (Lipinski definition) is 2. The van der Waals surface area contributed by atoms with E-state index in [2.05, 4.69) is 10.7 Å². The van der Waals surface area contributed by atoms with Crippen LogP contribution in [0.2, 0.25) is 5.02 Å². The number of ether oxygens (including phenoxy) is 1. The van der Waals surface area contributed by atoms with Crippen LogP contribution in [0.5, 0.6) is 5.75 Å². The van der Waals surface area contributed by atoms with Crippen molar-refractivity contribution in [3.05, 3.63) is 95.0 Å². The number of carbonyl (C=O) groups excluding carboxylic acids is 3. The molecule has 8 nitrogen and oxygen atoms in total. The molecule has 2 N–H and O–H groups in total. The first-order valence-electron chi connectivity index (χ1n) is 11.1. The van der Waals surface area contributed by atoms with Crippen molar-refractivity contribution < 1.29 is 19.1 Å². The highest BCUT2D eigenvalue weighted by atomic mass is 35.5. The van der Waals surface area contributed by atoms with E-state index in [0.717, 1.165) is 5.56 Å². The molecule has 4 rings (SSSR count). The lowest BCUT2D eigenvalue weighted by Gasteiger charge is -2.24. The normalized spacial score (nSPS) is 15.1. The average molecular weight is 523 g/mol. The Labute approximate surface area is 218 Å². The fourth-order valence-electron chi connectivity index (χ4n) is 3.76. The molecule has 1 aliphatic heterocycles. The molecule has 10 heteroatoms. The van der Waals surface area contributed by atoms with Crippen LogP contribution in [0.4, 0.5) is 5.69 Å². The lowest BCUT2D eigenvalue weighted by molar-refractivity contribution is -0.131. The molecule has 1 aliphatic rings. The van der Waals surface area contributed by atoms with E-state index >= 15 is 0 Å². The van der Waals surface area contributed by atoms with Gasteiger partial charge in [0, 0.05) is 10.6 Å². The summed E-state index contributed by atoms with van der Waals surface area (Å²) >= 11 is 11.5. The Balaban J connectivity index is 1.56. The maximum atomic E-state index is 13.4. The zero-order valence-corrected chi connectivity index (χ0v) is 20.9. The van der Waals surface area contributed by atoms with Crippen molar-refractivity contribution >= 4 is 52.3 Å². The lowest BCUT2D eigenvalue weighted by Crippen LogP contribution is -2.49. The van der Waals surface area contributed by atoms with Gasteiger partial charge in [-0.3, -0.25) is 24.7 Å². The molecular formula is C26H23ClN4O4S. The topological polar surface area (TPSA) is 91.0 Å². The number of thiocarbonyl (C=S) groups is 1. The first-order valence-corrected chi connectivity index (χ1v) is 11.8. The third-order valence-electron chi connectivity index (χ3n) is 5.57. The van der Waals surface area contributed by atoms with Crippen molar-refractivity contribution in [2.75, 3.05) is 12.4 Å². The van der Waals surface area contributed by atoms with E-state index < -0.39 is 23.8 Å². The van der Waals surface area contributed by atoms with Crippen LogP contribution in [0.3, 0.4) is 0 Å². The van der Waals surface area contributed by atoms with Gasteiger partial charge in [-0.25, -0.2) is 5.01 Å². The molecule has 0 aromatic heterocycles. The van der Waals surface area contributed by atoms with Crippen molar-refractivity contribution in [1.29, 1.82) is 0 Å². The average Bonchev–Trinajstić information content (AvgIpc) is 3.09. The molecule has 0 radical (unpaired) electrons. The monoisotopic (exact) mass is 522 g/mol. The maximum absolute atomic E-state index is 13.4. The van der Waals surface area contributed by atoms with Gasteiger partial charge in [0.25, 0.3) is 11.8 Å². The second kappa shape index (κ2) is 11.2. The molecule has 3 aromatic rings. The smallest absolute Gasteiger partial charge is 0.269 e. The molecule has 1 heterocycles. The van der Waals surface area contributed by atoms with E-state index in [1.807, 2.05) is 30.3 Å². The van der Waals surface area contributed by atoms with Crippen molar-refractivity contribution in [1.82, 2.24) is 15.3 Å². The van der Waals surface area contributed by atoms with Gasteiger partial charge in [-0.05, 0) is 54.2 Å². The van der Waals surface area contributed by atoms with Gasteiger partial charge in [0.1, 0.15) is 11.8 Å². The summed E-state index contributed by atoms with van der Waals surface area (Å²) < 4.78 is 5.28. The van der Waals surface area contributed by atoms with E-state index in [1.165, 1.54) is 17.0 Å². The molecule has 1 atom stereocenters. The molecule has 36 heavy (non-hydrogen) atoms. The Hall–Kier alpha value is -3.95. The van der Waals surface area contributed by atoms with Crippen LogP contribution >= 0.6 is 23.8 Å². The number of nitrogens with zero attached hydrogens (tertiary/aromatic N) is 2. The summed E-state index contributed by atoms with van der Waals surface area (Å²) in [6.07, 6.45) is -0.247. The highest BCUT2D eigenvalue weighted by molar-refractivity contribution is 7.80. The van der Waals surface area contributed by atoms with Gasteiger partial charge < -0.3 is 10.1 Å². The zero-order valence-electron chi connectivity index (χ0n) is 19.3. The van der Waals surface area contributed by atoms with Crippen LogP contribution in [0, 0.1) is 0 Å². The van der Waals surface area contributed by atoms with E-state index in [-0.39, 0.29) is 18.1 Å². The SMILES string of the molecule is COc1ccccc1NC(=O)CC1C(=O)N(Cc2ccccc2)C(=S)N1NC(=O)c1ccc(Cl)cc1. The molecule has 3 aromatic carbocycles. The number of anilines is 1. The van der Waals surface area contributed by atoms with Crippen LogP contribution in [-0.4, -0.2) is 45.9 Å². The van der Waals surface area contributed by atoms with Gasteiger partial charge in [0.05, 0.1) is 25.8 Å². The quantitative estimate of drug-likeness (QED) is 0.434. The molecule has 184 valence electrons. The summed E-state index contributed by atoms with van der Waals surface area (Å²) in [5, 5.41) is 4.63. The summed E-state index contributed by atoms with van der Waals surface area (Å²) in [5.74, 6) is -0.834. The second-order valence-corrected chi connectivity index (χ2v) is 8.78. The van der Waals surface area contributed by atoms with Crippen LogP contribution in [0.15, 0.2) is 78.9 Å². The molecular weight excluding hydrogens is 500 g/mol. The number of para-hydroxylation sites is 2. The summed E-state index contributed by atoms with van der Waals surface area (Å²) in [6.45, 7) is 0.205. The largest absolute Gasteiger partial charge is 0.495 e. The molecule has 1 saturated heterocycles. The Morgan fingerprint density at radius 3 is 2.36 bits per heavy atom. The number of amides is 3. The van der Waals surface area contributed by atoms with Crippen molar-refractivity contribution in [2.24, 2.45) is 0 Å². The minimum Gasteiger partial charge on any atom is -0.495 e. The van der Waals surface area contributed by atoms with Gasteiger partial charge in [0.2, 0.25) is 5.91 Å². The van der Waals surface area contributed by atoms with Crippen molar-refractivity contribution in [3.8, 4) is 5.75 Å². The number of nitrogens with one attached hydrogen (secondary N) is 2. The first-order chi connectivity index (χ1) is 17.4. The lowest BCUT2D eigenvalue weighted by atomic mass is 10.1. The summed E-state index contributed by atoms with van der Waals surface area (Å²) in [4.78, 5) is 40.7. The molecule has 0 saturated carbocycles. The number of hydrogen-bond acceptors (Lipinski definition) is 5. The summed E-state index contributed by atoms with van der Waals surface area (Å²) in [5.41, 5.74) is 4.35. The fraction of sp³-hybridized carbons (Fsp3) is 0.154. The first kappa shape index (κ1) is 25.2. The van der Waals surface area contributed by atoms with Crippen molar-refractivity contribution in [3.63, 3.8) is 0 Å². The molecule has 3 amide bonds. The molecule has 0 spiro atoms. The predicted octanol–water partition coefficient (Wildman–Crippen LogP) is 4.02. The van der Waals surface area contributed by atoms with Crippen molar-refractivity contribution in [2.45, 2.75) is 19.0 Å². The van der Waals surface area contributed by atoms with Gasteiger partial charge in [0.15, 0.2) is 5.11 Å². The predicted molar refractivity (Wildman–Crippen MR) is 140 cm³/mol.